The largest absolute Gasteiger partial charge is 0.398 e. The molecule has 1 N–H and O–H groups in total. The zero-order chi connectivity index (χ0) is 16.2. The fourth-order valence-corrected chi connectivity index (χ4v) is 3.20. The first-order valence-electron chi connectivity index (χ1n) is 6.35. The highest BCUT2D eigenvalue weighted by molar-refractivity contribution is 7.99. The van der Waals surface area contributed by atoms with Crippen LogP contribution < -0.4 is 5.32 Å². The van der Waals surface area contributed by atoms with Gasteiger partial charge in [-0.3, -0.25) is 4.79 Å². The highest BCUT2D eigenvalue weighted by Crippen LogP contribution is 2.28. The van der Waals surface area contributed by atoms with Gasteiger partial charge in [0.2, 0.25) is 0 Å². The smallest absolute Gasteiger partial charge is 0.345 e. The van der Waals surface area contributed by atoms with Crippen molar-refractivity contribution in [2.24, 2.45) is 0 Å². The van der Waals surface area contributed by atoms with E-state index in [2.05, 4.69) is 10.3 Å². The Bertz CT molecular complexity index is 629. The molecule has 2 aromatic heterocycles. The topological polar surface area (TPSA) is 42.0 Å². The van der Waals surface area contributed by atoms with Gasteiger partial charge in [-0.05, 0) is 30.5 Å². The van der Waals surface area contributed by atoms with Gasteiger partial charge in [0.15, 0.2) is 0 Å². The fourth-order valence-electron chi connectivity index (χ4n) is 1.71. The van der Waals surface area contributed by atoms with Crippen molar-refractivity contribution in [1.29, 1.82) is 0 Å². The zero-order valence-corrected chi connectivity index (χ0v) is 13.2. The summed E-state index contributed by atoms with van der Waals surface area (Å²) < 4.78 is 37.0. The van der Waals surface area contributed by atoms with E-state index in [0.717, 1.165) is 4.88 Å². The van der Waals surface area contributed by atoms with E-state index < -0.39 is 17.8 Å². The number of thioether (sulfide) groups is 1. The third-order valence-electron chi connectivity index (χ3n) is 2.71. The standard InChI is InChI=1S/C14H13F3N2OS2/c1-9(11-5-3-7-21-11)19-12(20)10-4-2-6-18-13(10)22-8-14(15,16)17/h2-7,9H,8H2,1H3,(H,19,20). The van der Waals surface area contributed by atoms with Crippen molar-refractivity contribution in [3.05, 3.63) is 46.3 Å². The number of carbonyl (C=O) groups is 1. The summed E-state index contributed by atoms with van der Waals surface area (Å²) in [5, 5.41) is 4.75. The summed E-state index contributed by atoms with van der Waals surface area (Å²) in [5.74, 6) is -1.51. The second-order valence-electron chi connectivity index (χ2n) is 4.47. The maximum atomic E-state index is 12.3. The molecule has 0 bridgehead atoms. The number of thiophene rings is 1. The molecule has 0 aliphatic rings. The van der Waals surface area contributed by atoms with Gasteiger partial charge >= 0.3 is 6.18 Å². The third kappa shape index (κ3) is 4.74. The average molecular weight is 346 g/mol. The average Bonchev–Trinajstić information content (AvgIpc) is 2.99. The lowest BCUT2D eigenvalue weighted by atomic mass is 10.2. The van der Waals surface area contributed by atoms with Crippen LogP contribution in [-0.2, 0) is 0 Å². The molecular formula is C14H13F3N2OS2. The van der Waals surface area contributed by atoms with E-state index >= 15 is 0 Å². The van der Waals surface area contributed by atoms with Crippen LogP contribution in [0.2, 0.25) is 0 Å². The van der Waals surface area contributed by atoms with E-state index in [0.29, 0.717) is 11.8 Å². The quantitative estimate of drug-likeness (QED) is 0.821. The minimum atomic E-state index is -4.31. The van der Waals surface area contributed by atoms with E-state index in [-0.39, 0.29) is 16.6 Å². The van der Waals surface area contributed by atoms with Crippen molar-refractivity contribution in [2.45, 2.75) is 24.2 Å². The summed E-state index contributed by atoms with van der Waals surface area (Å²) in [5.41, 5.74) is 0.153. The molecule has 0 spiro atoms. The van der Waals surface area contributed by atoms with Gasteiger partial charge in [0, 0.05) is 11.1 Å². The summed E-state index contributed by atoms with van der Waals surface area (Å²) in [6, 6.07) is 6.55. The predicted octanol–water partition coefficient (Wildman–Crippen LogP) is 4.29. The number of halogens is 3. The van der Waals surface area contributed by atoms with E-state index in [9.17, 15) is 18.0 Å². The Balaban J connectivity index is 2.09. The Morgan fingerprint density at radius 3 is 2.82 bits per heavy atom. The van der Waals surface area contributed by atoms with Gasteiger partial charge in [0.1, 0.15) is 5.03 Å². The van der Waals surface area contributed by atoms with Crippen molar-refractivity contribution in [2.75, 3.05) is 5.75 Å². The van der Waals surface area contributed by atoms with Crippen molar-refractivity contribution in [3.8, 4) is 0 Å². The fraction of sp³-hybridized carbons (Fsp3) is 0.286. The number of hydrogen-bond donors (Lipinski definition) is 1. The van der Waals surface area contributed by atoms with Crippen LogP contribution >= 0.6 is 23.1 Å². The summed E-state index contributed by atoms with van der Waals surface area (Å²) in [4.78, 5) is 17.1. The van der Waals surface area contributed by atoms with Crippen LogP contribution in [0, 0.1) is 0 Å². The number of hydrogen-bond acceptors (Lipinski definition) is 4. The minimum absolute atomic E-state index is 0.0794. The Kier molecular flexibility index (Phi) is 5.47. The molecule has 0 aliphatic heterocycles. The second-order valence-corrected chi connectivity index (χ2v) is 6.41. The minimum Gasteiger partial charge on any atom is -0.345 e. The number of pyridine rings is 1. The maximum absolute atomic E-state index is 12.3. The molecule has 1 amide bonds. The molecular weight excluding hydrogens is 333 g/mol. The van der Waals surface area contributed by atoms with Crippen molar-refractivity contribution >= 4 is 29.0 Å². The second kappa shape index (κ2) is 7.15. The number of nitrogens with one attached hydrogen (secondary N) is 1. The van der Waals surface area contributed by atoms with Crippen LogP contribution in [0.4, 0.5) is 13.2 Å². The summed E-state index contributed by atoms with van der Waals surface area (Å²) in [6.07, 6.45) is -2.93. The molecule has 0 aliphatic carbocycles. The Hall–Kier alpha value is -1.54. The van der Waals surface area contributed by atoms with Crippen LogP contribution in [0.15, 0.2) is 40.9 Å². The van der Waals surface area contributed by atoms with Crippen LogP contribution in [0.5, 0.6) is 0 Å². The number of nitrogens with zero attached hydrogens (tertiary/aromatic N) is 1. The highest BCUT2D eigenvalue weighted by Gasteiger charge is 2.28. The first-order valence-corrected chi connectivity index (χ1v) is 8.22. The first kappa shape index (κ1) is 16.8. The molecule has 0 radical (unpaired) electrons. The van der Waals surface area contributed by atoms with Gasteiger partial charge in [-0.2, -0.15) is 13.2 Å². The van der Waals surface area contributed by atoms with E-state index in [1.807, 2.05) is 24.4 Å². The summed E-state index contributed by atoms with van der Waals surface area (Å²) >= 11 is 2.01. The number of aromatic nitrogens is 1. The van der Waals surface area contributed by atoms with Crippen LogP contribution in [0.1, 0.15) is 28.2 Å². The molecule has 0 aromatic carbocycles. The van der Waals surface area contributed by atoms with E-state index in [4.69, 9.17) is 0 Å². The van der Waals surface area contributed by atoms with Gasteiger partial charge in [-0.25, -0.2) is 4.98 Å². The Morgan fingerprint density at radius 2 is 2.18 bits per heavy atom. The molecule has 0 saturated carbocycles. The summed E-state index contributed by atoms with van der Waals surface area (Å²) in [6.45, 7) is 1.82. The molecule has 1 atom stereocenters. The van der Waals surface area contributed by atoms with Crippen molar-refractivity contribution in [3.63, 3.8) is 0 Å². The molecule has 118 valence electrons. The highest BCUT2D eigenvalue weighted by atomic mass is 32.2. The molecule has 2 rings (SSSR count). The number of alkyl halides is 3. The van der Waals surface area contributed by atoms with Gasteiger partial charge in [0.05, 0.1) is 17.4 Å². The van der Waals surface area contributed by atoms with Crippen molar-refractivity contribution in [1.82, 2.24) is 10.3 Å². The van der Waals surface area contributed by atoms with Crippen LogP contribution in [-0.4, -0.2) is 22.8 Å². The lowest BCUT2D eigenvalue weighted by Crippen LogP contribution is -2.27. The molecule has 8 heteroatoms. The molecule has 1 unspecified atom stereocenters. The van der Waals surface area contributed by atoms with Gasteiger partial charge < -0.3 is 5.32 Å². The molecule has 22 heavy (non-hydrogen) atoms. The van der Waals surface area contributed by atoms with Crippen molar-refractivity contribution < 1.29 is 18.0 Å². The number of carbonyl (C=O) groups excluding carboxylic acids is 1. The number of rotatable bonds is 5. The lowest BCUT2D eigenvalue weighted by molar-refractivity contribution is -0.105. The SMILES string of the molecule is CC(NC(=O)c1cccnc1SCC(F)(F)F)c1cccs1. The monoisotopic (exact) mass is 346 g/mol. The van der Waals surface area contributed by atoms with E-state index in [1.54, 1.807) is 0 Å². The van der Waals surface area contributed by atoms with Gasteiger partial charge in [-0.1, -0.05) is 17.8 Å². The predicted molar refractivity (Wildman–Crippen MR) is 81.2 cm³/mol. The Labute approximate surface area is 134 Å². The molecule has 2 aromatic rings. The Morgan fingerprint density at radius 1 is 1.41 bits per heavy atom. The maximum Gasteiger partial charge on any atom is 0.398 e. The lowest BCUT2D eigenvalue weighted by Gasteiger charge is -2.14. The number of amides is 1. The van der Waals surface area contributed by atoms with Crippen LogP contribution in [0.3, 0.4) is 0 Å². The summed E-state index contributed by atoms with van der Waals surface area (Å²) in [7, 11) is 0. The molecule has 0 saturated heterocycles. The van der Waals surface area contributed by atoms with Gasteiger partial charge in [-0.15, -0.1) is 11.3 Å². The van der Waals surface area contributed by atoms with Gasteiger partial charge in [0.25, 0.3) is 5.91 Å². The van der Waals surface area contributed by atoms with Crippen LogP contribution in [0.25, 0.3) is 0 Å². The molecule has 0 fully saturated rings. The first-order chi connectivity index (χ1) is 10.4. The normalized spacial score (nSPS) is 12.9. The molecule has 3 nitrogen and oxygen atoms in total. The zero-order valence-electron chi connectivity index (χ0n) is 11.6. The third-order valence-corrected chi connectivity index (χ3v) is 4.83. The molecule has 2 heterocycles. The van der Waals surface area contributed by atoms with E-state index in [1.165, 1.54) is 29.7 Å².